The van der Waals surface area contributed by atoms with E-state index in [1.807, 2.05) is 78.9 Å². The van der Waals surface area contributed by atoms with Gasteiger partial charge < -0.3 is 24.2 Å². The average Bonchev–Trinajstić information content (AvgIpc) is 3.42. The van der Waals surface area contributed by atoms with Gasteiger partial charge in [-0.15, -0.1) is 0 Å². The van der Waals surface area contributed by atoms with Gasteiger partial charge in [0.15, 0.2) is 0 Å². The highest BCUT2D eigenvalue weighted by Gasteiger charge is 2.16. The van der Waals surface area contributed by atoms with Gasteiger partial charge in [-0.3, -0.25) is 0 Å². The number of nitrogens with zero attached hydrogens (tertiary/aromatic N) is 3. The van der Waals surface area contributed by atoms with Gasteiger partial charge in [-0.1, -0.05) is 141 Å². The molecule has 7 nitrogen and oxygen atoms in total. The fourth-order valence-electron chi connectivity index (χ4n) is 7.89. The first kappa shape index (κ1) is 48.3. The van der Waals surface area contributed by atoms with E-state index in [1.54, 1.807) is 26.0 Å². The molecule has 7 heteroatoms. The van der Waals surface area contributed by atoms with Crippen LogP contribution in [-0.2, 0) is 20.7 Å². The molecule has 0 aliphatic heterocycles. The molecule has 0 unspecified atom stereocenters. The van der Waals surface area contributed by atoms with Gasteiger partial charge in [-0.2, -0.15) is 0 Å². The standard InChI is InChI=1S/C40H32N2O2.C24H23NO2/c1-30(2)40(43)44-39-28-26-38(27-29-39)42(35-16-10-5-11-17-35)37-24-20-32(21-25-37)31-18-22-36(23-19-31)41(33-12-6-3-7-13-33)34-14-8-4-9-15-34;1-19(2)24(26)27-18-17-20-13-15-23(16-14-20)25(21-9-5-3-6-10-21)22-11-7-4-8-12-22/h3-29H,1H2,2H3;3-16H,1,17-18H2,2H3. The molecule has 9 aromatic rings. The summed E-state index contributed by atoms with van der Waals surface area (Å²) in [5.41, 5.74) is 13.8. The monoisotopic (exact) mass is 929 g/mol. The largest absolute Gasteiger partial charge is 0.462 e. The first-order chi connectivity index (χ1) is 34.7. The lowest BCUT2D eigenvalue weighted by Gasteiger charge is -2.26. The highest BCUT2D eigenvalue weighted by molar-refractivity contribution is 5.89. The Morgan fingerprint density at radius 3 is 0.915 bits per heavy atom. The number of hydrogen-bond donors (Lipinski definition) is 0. The summed E-state index contributed by atoms with van der Waals surface area (Å²) < 4.78 is 10.6. The summed E-state index contributed by atoms with van der Waals surface area (Å²) in [6, 6.07) is 84.7. The zero-order valence-electron chi connectivity index (χ0n) is 40.0. The zero-order chi connectivity index (χ0) is 49.4. The van der Waals surface area contributed by atoms with Crippen LogP contribution in [0.4, 0.5) is 51.2 Å². The Morgan fingerprint density at radius 2 is 0.620 bits per heavy atom. The molecule has 0 bridgehead atoms. The predicted octanol–water partition coefficient (Wildman–Crippen LogP) is 16.6. The Kier molecular flexibility index (Phi) is 16.1. The minimum absolute atomic E-state index is 0.342. The van der Waals surface area contributed by atoms with E-state index in [2.05, 4.69) is 186 Å². The number of carbonyl (C=O) groups excluding carboxylic acids is 2. The van der Waals surface area contributed by atoms with E-state index in [9.17, 15) is 9.59 Å². The van der Waals surface area contributed by atoms with Crippen LogP contribution in [0.5, 0.6) is 5.75 Å². The van der Waals surface area contributed by atoms with E-state index in [0.717, 1.165) is 67.9 Å². The Balaban J connectivity index is 0.000000214. The molecular weight excluding hydrogens is 875 g/mol. The lowest BCUT2D eigenvalue weighted by Crippen LogP contribution is -2.11. The number of rotatable bonds is 16. The van der Waals surface area contributed by atoms with Crippen molar-refractivity contribution in [3.8, 4) is 16.9 Å². The first-order valence-corrected chi connectivity index (χ1v) is 23.5. The summed E-state index contributed by atoms with van der Waals surface area (Å²) in [6.07, 6.45) is 0.677. The van der Waals surface area contributed by atoms with Crippen LogP contribution >= 0.6 is 0 Å². The molecule has 0 N–H and O–H groups in total. The number of ether oxygens (including phenoxy) is 2. The summed E-state index contributed by atoms with van der Waals surface area (Å²) in [5, 5.41) is 0. The topological polar surface area (TPSA) is 62.3 Å². The van der Waals surface area contributed by atoms with Crippen molar-refractivity contribution in [3.05, 3.63) is 279 Å². The van der Waals surface area contributed by atoms with Gasteiger partial charge in [-0.25, -0.2) is 9.59 Å². The van der Waals surface area contributed by atoms with Crippen LogP contribution in [0, 0.1) is 0 Å². The molecule has 350 valence electrons. The van der Waals surface area contributed by atoms with E-state index in [0.29, 0.717) is 29.9 Å². The van der Waals surface area contributed by atoms with Gasteiger partial charge in [0.25, 0.3) is 0 Å². The van der Waals surface area contributed by atoms with Gasteiger partial charge in [0.1, 0.15) is 5.75 Å². The second kappa shape index (κ2) is 23.7. The average molecular weight is 930 g/mol. The Morgan fingerprint density at radius 1 is 0.352 bits per heavy atom. The van der Waals surface area contributed by atoms with Crippen LogP contribution in [-0.4, -0.2) is 18.5 Å². The zero-order valence-corrected chi connectivity index (χ0v) is 40.0. The van der Waals surface area contributed by atoms with Crippen LogP contribution in [0.25, 0.3) is 11.1 Å². The molecule has 0 saturated heterocycles. The number of esters is 2. The fourth-order valence-corrected chi connectivity index (χ4v) is 7.89. The van der Waals surface area contributed by atoms with Crippen molar-refractivity contribution < 1.29 is 19.1 Å². The predicted molar refractivity (Wildman–Crippen MR) is 292 cm³/mol. The van der Waals surface area contributed by atoms with Crippen molar-refractivity contribution in [3.63, 3.8) is 0 Å². The second-order valence-corrected chi connectivity index (χ2v) is 16.8. The molecule has 71 heavy (non-hydrogen) atoms. The molecule has 9 rings (SSSR count). The minimum Gasteiger partial charge on any atom is -0.462 e. The molecule has 0 aromatic heterocycles. The SMILES string of the molecule is C=C(C)C(=O)OCCc1ccc(N(c2ccccc2)c2ccccc2)cc1.C=C(C)C(=O)Oc1ccc(N(c2ccccc2)c2ccc(-c3ccc(N(c4ccccc4)c4ccccc4)cc3)cc2)cc1. The van der Waals surface area contributed by atoms with E-state index in [1.165, 1.54) is 0 Å². The van der Waals surface area contributed by atoms with Gasteiger partial charge >= 0.3 is 11.9 Å². The molecule has 0 fully saturated rings. The van der Waals surface area contributed by atoms with E-state index in [4.69, 9.17) is 9.47 Å². The van der Waals surface area contributed by atoms with E-state index >= 15 is 0 Å². The number of anilines is 9. The number of para-hydroxylation sites is 5. The van der Waals surface area contributed by atoms with E-state index < -0.39 is 5.97 Å². The molecule has 0 spiro atoms. The third kappa shape index (κ3) is 12.7. The highest BCUT2D eigenvalue weighted by Crippen LogP contribution is 2.39. The van der Waals surface area contributed by atoms with Crippen molar-refractivity contribution >= 4 is 63.1 Å². The van der Waals surface area contributed by atoms with Crippen LogP contribution < -0.4 is 19.4 Å². The van der Waals surface area contributed by atoms with Gasteiger partial charge in [0.2, 0.25) is 0 Å². The number of benzene rings is 9. The lowest BCUT2D eigenvalue weighted by molar-refractivity contribution is -0.138. The maximum atomic E-state index is 12.0. The van der Waals surface area contributed by atoms with Crippen molar-refractivity contribution in [2.45, 2.75) is 20.3 Å². The fraction of sp³-hybridized carbons (Fsp3) is 0.0625. The minimum atomic E-state index is -0.436. The maximum absolute atomic E-state index is 12.0. The van der Waals surface area contributed by atoms with Crippen molar-refractivity contribution in [1.29, 1.82) is 0 Å². The van der Waals surface area contributed by atoms with Crippen LogP contribution in [0.1, 0.15) is 19.4 Å². The van der Waals surface area contributed by atoms with Crippen molar-refractivity contribution in [2.24, 2.45) is 0 Å². The highest BCUT2D eigenvalue weighted by atomic mass is 16.5. The van der Waals surface area contributed by atoms with Gasteiger partial charge in [0, 0.05) is 68.8 Å². The van der Waals surface area contributed by atoms with Crippen LogP contribution in [0.3, 0.4) is 0 Å². The molecule has 0 heterocycles. The Labute approximate surface area is 417 Å². The molecule has 0 aliphatic rings. The molecular formula is C64H55N3O4. The quantitative estimate of drug-likeness (QED) is 0.0543. The summed E-state index contributed by atoms with van der Waals surface area (Å²) in [6.45, 7) is 10.9. The van der Waals surface area contributed by atoms with Gasteiger partial charge in [-0.05, 0) is 152 Å². The first-order valence-electron chi connectivity index (χ1n) is 23.5. The molecule has 0 amide bonds. The molecule has 0 saturated carbocycles. The molecule has 0 aliphatic carbocycles. The summed E-state index contributed by atoms with van der Waals surface area (Å²) >= 11 is 0. The third-order valence-corrected chi connectivity index (χ3v) is 11.5. The smallest absolute Gasteiger partial charge is 0.338 e. The Hall–Kier alpha value is -9.20. The lowest BCUT2D eigenvalue weighted by atomic mass is 10.0. The molecule has 0 radical (unpaired) electrons. The third-order valence-electron chi connectivity index (χ3n) is 11.5. The summed E-state index contributed by atoms with van der Waals surface area (Å²) in [4.78, 5) is 30.1. The summed E-state index contributed by atoms with van der Waals surface area (Å²) in [7, 11) is 0. The van der Waals surface area contributed by atoms with Crippen molar-refractivity contribution in [2.75, 3.05) is 21.3 Å². The van der Waals surface area contributed by atoms with Crippen LogP contribution in [0.2, 0.25) is 0 Å². The molecule has 0 atom stereocenters. The number of carbonyl (C=O) groups is 2. The van der Waals surface area contributed by atoms with E-state index in [-0.39, 0.29) is 5.97 Å². The molecule has 9 aromatic carbocycles. The maximum Gasteiger partial charge on any atom is 0.338 e. The summed E-state index contributed by atoms with van der Waals surface area (Å²) in [5.74, 6) is -0.299. The van der Waals surface area contributed by atoms with Crippen molar-refractivity contribution in [1.82, 2.24) is 0 Å². The van der Waals surface area contributed by atoms with Gasteiger partial charge in [0.05, 0.1) is 6.61 Å². The Bertz CT molecular complexity index is 3050. The second-order valence-electron chi connectivity index (χ2n) is 16.8. The number of hydrogen-bond acceptors (Lipinski definition) is 7. The van der Waals surface area contributed by atoms with Crippen LogP contribution in [0.15, 0.2) is 273 Å². The normalized spacial score (nSPS) is 10.5.